The lowest BCUT2D eigenvalue weighted by Gasteiger charge is -2.18. The predicted octanol–water partition coefficient (Wildman–Crippen LogP) is 2.75. The molecule has 1 N–H and O–H groups in total. The van der Waals surface area contributed by atoms with Crippen LogP contribution >= 0.6 is 0 Å². The Bertz CT molecular complexity index is 917. The van der Waals surface area contributed by atoms with Crippen molar-refractivity contribution in [1.82, 2.24) is 15.1 Å². The summed E-state index contributed by atoms with van der Waals surface area (Å²) < 4.78 is 0. The number of nitrogens with zero attached hydrogens (tertiary/aromatic N) is 2. The van der Waals surface area contributed by atoms with E-state index in [1.54, 1.807) is 18.2 Å². The molecule has 0 aliphatic carbocycles. The van der Waals surface area contributed by atoms with Crippen LogP contribution < -0.4 is 5.32 Å². The first-order chi connectivity index (χ1) is 13.9. The van der Waals surface area contributed by atoms with Crippen molar-refractivity contribution in [2.45, 2.75) is 33.9 Å². The highest BCUT2D eigenvalue weighted by molar-refractivity contribution is 6.22. The molecule has 0 aromatic heterocycles. The molecule has 2 aromatic carbocycles. The maximum atomic E-state index is 12.5. The van der Waals surface area contributed by atoms with E-state index in [0.717, 1.165) is 35.7 Å². The number of fused-ring (bicyclic) bond motifs is 1. The average molecular weight is 393 g/mol. The van der Waals surface area contributed by atoms with E-state index >= 15 is 0 Å². The van der Waals surface area contributed by atoms with Gasteiger partial charge in [-0.05, 0) is 43.3 Å². The standard InChI is InChI=1S/C23H27N3O3/c1-4-25(5-2)14-18-9-7-17(8-10-18)13-24-21(27)15-26-22(28)19-11-6-16(3)12-20(19)23(26)29/h6-12H,4-5,13-15H2,1-3H3,(H,24,27). The van der Waals surface area contributed by atoms with Crippen LogP contribution in [0.4, 0.5) is 0 Å². The van der Waals surface area contributed by atoms with Crippen molar-refractivity contribution in [1.29, 1.82) is 0 Å². The Morgan fingerprint density at radius 3 is 2.21 bits per heavy atom. The number of imide groups is 1. The minimum Gasteiger partial charge on any atom is -0.350 e. The second-order valence-electron chi connectivity index (χ2n) is 7.30. The van der Waals surface area contributed by atoms with E-state index in [2.05, 4.69) is 36.2 Å². The Labute approximate surface area is 171 Å². The number of aryl methyl sites for hydroxylation is 1. The normalized spacial score (nSPS) is 13.2. The quantitative estimate of drug-likeness (QED) is 0.700. The Kier molecular flexibility index (Phi) is 6.44. The second-order valence-corrected chi connectivity index (χ2v) is 7.30. The lowest BCUT2D eigenvalue weighted by Crippen LogP contribution is -2.40. The van der Waals surface area contributed by atoms with Gasteiger partial charge in [0.15, 0.2) is 0 Å². The molecule has 0 atom stereocenters. The molecule has 3 rings (SSSR count). The monoisotopic (exact) mass is 393 g/mol. The Hall–Kier alpha value is -2.99. The van der Waals surface area contributed by atoms with Gasteiger partial charge in [0.25, 0.3) is 11.8 Å². The Morgan fingerprint density at radius 2 is 1.55 bits per heavy atom. The molecule has 0 bridgehead atoms. The highest BCUT2D eigenvalue weighted by Gasteiger charge is 2.36. The van der Waals surface area contributed by atoms with E-state index in [0.29, 0.717) is 17.7 Å². The number of hydrogen-bond acceptors (Lipinski definition) is 4. The van der Waals surface area contributed by atoms with Gasteiger partial charge in [0.1, 0.15) is 6.54 Å². The molecule has 2 aromatic rings. The van der Waals surface area contributed by atoms with Crippen LogP contribution in [0.1, 0.15) is 51.3 Å². The molecule has 0 spiro atoms. The van der Waals surface area contributed by atoms with Crippen LogP contribution in [0.25, 0.3) is 0 Å². The number of rotatable bonds is 8. The van der Waals surface area contributed by atoms with Gasteiger partial charge in [0.05, 0.1) is 11.1 Å². The number of benzene rings is 2. The third-order valence-corrected chi connectivity index (χ3v) is 5.24. The number of nitrogens with one attached hydrogen (secondary N) is 1. The Balaban J connectivity index is 1.54. The van der Waals surface area contributed by atoms with Crippen molar-refractivity contribution in [2.24, 2.45) is 0 Å². The highest BCUT2D eigenvalue weighted by atomic mass is 16.2. The van der Waals surface area contributed by atoms with Crippen LogP contribution in [0.3, 0.4) is 0 Å². The van der Waals surface area contributed by atoms with E-state index in [1.807, 2.05) is 19.1 Å². The fraction of sp³-hybridized carbons (Fsp3) is 0.348. The van der Waals surface area contributed by atoms with E-state index < -0.39 is 11.8 Å². The lowest BCUT2D eigenvalue weighted by atomic mass is 10.1. The largest absolute Gasteiger partial charge is 0.350 e. The summed E-state index contributed by atoms with van der Waals surface area (Å²) in [4.78, 5) is 40.5. The lowest BCUT2D eigenvalue weighted by molar-refractivity contribution is -0.121. The molecule has 6 heteroatoms. The molecule has 0 saturated carbocycles. The average Bonchev–Trinajstić information content (AvgIpc) is 2.95. The van der Waals surface area contributed by atoms with Gasteiger partial charge in [-0.1, -0.05) is 49.7 Å². The topological polar surface area (TPSA) is 69.7 Å². The molecular weight excluding hydrogens is 366 g/mol. The fourth-order valence-corrected chi connectivity index (χ4v) is 3.42. The molecule has 0 radical (unpaired) electrons. The van der Waals surface area contributed by atoms with Crippen LogP contribution in [-0.4, -0.2) is 47.2 Å². The number of hydrogen-bond donors (Lipinski definition) is 1. The summed E-state index contributed by atoms with van der Waals surface area (Å²) in [5.74, 6) is -1.19. The van der Waals surface area contributed by atoms with E-state index in [4.69, 9.17) is 0 Å². The molecule has 1 aliphatic heterocycles. The van der Waals surface area contributed by atoms with Gasteiger partial charge in [0, 0.05) is 13.1 Å². The second kappa shape index (κ2) is 9.01. The van der Waals surface area contributed by atoms with Gasteiger partial charge in [-0.3, -0.25) is 24.2 Å². The van der Waals surface area contributed by atoms with E-state index in [-0.39, 0.29) is 12.5 Å². The summed E-state index contributed by atoms with van der Waals surface area (Å²) >= 11 is 0. The summed E-state index contributed by atoms with van der Waals surface area (Å²) in [6, 6.07) is 13.2. The van der Waals surface area contributed by atoms with E-state index in [9.17, 15) is 14.4 Å². The van der Waals surface area contributed by atoms with Crippen LogP contribution in [0, 0.1) is 6.92 Å². The van der Waals surface area contributed by atoms with Gasteiger partial charge < -0.3 is 5.32 Å². The summed E-state index contributed by atoms with van der Waals surface area (Å²) in [6.45, 7) is 9.14. The number of carbonyl (C=O) groups is 3. The zero-order valence-electron chi connectivity index (χ0n) is 17.2. The third-order valence-electron chi connectivity index (χ3n) is 5.24. The summed E-state index contributed by atoms with van der Waals surface area (Å²) in [5.41, 5.74) is 3.83. The van der Waals surface area contributed by atoms with Gasteiger partial charge in [0.2, 0.25) is 5.91 Å². The van der Waals surface area contributed by atoms with Crippen molar-refractivity contribution in [3.8, 4) is 0 Å². The van der Waals surface area contributed by atoms with Crippen LogP contribution in [0.15, 0.2) is 42.5 Å². The van der Waals surface area contributed by atoms with Crippen molar-refractivity contribution < 1.29 is 14.4 Å². The molecule has 0 unspecified atom stereocenters. The molecule has 1 heterocycles. The van der Waals surface area contributed by atoms with Crippen LogP contribution in [0.5, 0.6) is 0 Å². The first-order valence-electron chi connectivity index (χ1n) is 9.96. The van der Waals surface area contributed by atoms with Crippen molar-refractivity contribution in [3.05, 3.63) is 70.3 Å². The SMILES string of the molecule is CCN(CC)Cc1ccc(CNC(=O)CN2C(=O)c3ccc(C)cc3C2=O)cc1. The maximum Gasteiger partial charge on any atom is 0.262 e. The summed E-state index contributed by atoms with van der Waals surface area (Å²) in [7, 11) is 0. The molecule has 0 fully saturated rings. The molecular formula is C23H27N3O3. The maximum absolute atomic E-state index is 12.5. The fourth-order valence-electron chi connectivity index (χ4n) is 3.42. The Morgan fingerprint density at radius 1 is 0.931 bits per heavy atom. The first kappa shape index (κ1) is 20.7. The summed E-state index contributed by atoms with van der Waals surface area (Å²) in [6.07, 6.45) is 0. The third kappa shape index (κ3) is 4.71. The first-order valence-corrected chi connectivity index (χ1v) is 9.96. The number of carbonyl (C=O) groups excluding carboxylic acids is 3. The number of amides is 3. The smallest absolute Gasteiger partial charge is 0.262 e. The molecule has 29 heavy (non-hydrogen) atoms. The summed E-state index contributed by atoms with van der Waals surface area (Å²) in [5, 5.41) is 2.79. The van der Waals surface area contributed by atoms with Crippen molar-refractivity contribution in [3.63, 3.8) is 0 Å². The zero-order valence-corrected chi connectivity index (χ0v) is 17.2. The molecule has 1 aliphatic rings. The van der Waals surface area contributed by atoms with Crippen molar-refractivity contribution in [2.75, 3.05) is 19.6 Å². The van der Waals surface area contributed by atoms with Gasteiger partial charge >= 0.3 is 0 Å². The van der Waals surface area contributed by atoms with Gasteiger partial charge in [-0.25, -0.2) is 0 Å². The molecule has 6 nitrogen and oxygen atoms in total. The van der Waals surface area contributed by atoms with E-state index in [1.165, 1.54) is 5.56 Å². The van der Waals surface area contributed by atoms with Gasteiger partial charge in [-0.15, -0.1) is 0 Å². The van der Waals surface area contributed by atoms with Gasteiger partial charge in [-0.2, -0.15) is 0 Å². The molecule has 3 amide bonds. The zero-order chi connectivity index (χ0) is 21.0. The predicted molar refractivity (Wildman–Crippen MR) is 111 cm³/mol. The minimum absolute atomic E-state index is 0.272. The minimum atomic E-state index is -0.416. The van der Waals surface area contributed by atoms with Crippen LogP contribution in [0.2, 0.25) is 0 Å². The highest BCUT2D eigenvalue weighted by Crippen LogP contribution is 2.23. The van der Waals surface area contributed by atoms with Crippen molar-refractivity contribution >= 4 is 17.7 Å². The van der Waals surface area contributed by atoms with Crippen LogP contribution in [-0.2, 0) is 17.9 Å². The molecule has 0 saturated heterocycles. The molecule has 152 valence electrons.